The van der Waals surface area contributed by atoms with E-state index in [4.69, 9.17) is 5.21 Å². The first-order valence-electron chi connectivity index (χ1n) is 5.32. The summed E-state index contributed by atoms with van der Waals surface area (Å²) >= 11 is 0. The summed E-state index contributed by atoms with van der Waals surface area (Å²) < 4.78 is 17.5. The third kappa shape index (κ3) is 1.74. The van der Waals surface area contributed by atoms with Crippen molar-refractivity contribution < 1.29 is 14.2 Å². The van der Waals surface area contributed by atoms with Gasteiger partial charge in [0.2, 0.25) is 0 Å². The van der Waals surface area contributed by atoms with Gasteiger partial charge in [0.1, 0.15) is 12.0 Å². The maximum atomic E-state index is 13.1. The first-order valence-corrected chi connectivity index (χ1v) is 5.32. The van der Waals surface area contributed by atoms with Crippen molar-refractivity contribution in [3.05, 3.63) is 47.0 Å². The van der Waals surface area contributed by atoms with Gasteiger partial charge in [-0.3, -0.25) is 15.7 Å². The summed E-state index contributed by atoms with van der Waals surface area (Å²) in [5.74, 6) is -0.147. The summed E-state index contributed by atoms with van der Waals surface area (Å²) in [5, 5.41) is 16.0. The van der Waals surface area contributed by atoms with Crippen molar-refractivity contribution in [3.63, 3.8) is 0 Å². The molecule has 92 valence electrons. The van der Waals surface area contributed by atoms with Gasteiger partial charge in [-0.1, -0.05) is 11.2 Å². The van der Waals surface area contributed by atoms with Gasteiger partial charge in [0, 0.05) is 0 Å². The highest BCUT2D eigenvalue weighted by atomic mass is 19.1. The number of amidine groups is 1. The molecule has 2 aromatic rings. The fourth-order valence-electron chi connectivity index (χ4n) is 1.94. The highest BCUT2D eigenvalue weighted by Crippen LogP contribution is 2.36. The first kappa shape index (κ1) is 10.8. The van der Waals surface area contributed by atoms with Crippen molar-refractivity contribution in [3.8, 4) is 0 Å². The second-order valence-electron chi connectivity index (χ2n) is 3.95. The van der Waals surface area contributed by atoms with Crippen LogP contribution >= 0.6 is 0 Å². The fraction of sp³-hybridized carbons (Fsp3) is 0.182. The lowest BCUT2D eigenvalue weighted by molar-refractivity contribution is 0.232. The van der Waals surface area contributed by atoms with Crippen LogP contribution in [-0.4, -0.2) is 21.4 Å². The molecule has 0 fully saturated rings. The Labute approximate surface area is 101 Å². The molecule has 2 N–H and O–H groups in total. The highest BCUT2D eigenvalue weighted by Gasteiger charge is 2.27. The third-order valence-corrected chi connectivity index (χ3v) is 2.87. The van der Waals surface area contributed by atoms with E-state index in [1.165, 1.54) is 18.3 Å². The molecule has 0 amide bonds. The van der Waals surface area contributed by atoms with Crippen LogP contribution in [0.15, 0.2) is 34.0 Å². The fourth-order valence-corrected chi connectivity index (χ4v) is 1.94. The first-order chi connectivity index (χ1) is 8.78. The molecule has 6 nitrogen and oxygen atoms in total. The maximum absolute atomic E-state index is 13.1. The molecule has 3 rings (SSSR count). The molecule has 1 aliphatic rings. The molecule has 1 aliphatic carbocycles. The number of fused-ring (bicyclic) bond motifs is 1. The van der Waals surface area contributed by atoms with E-state index in [0.717, 1.165) is 11.1 Å². The molecule has 0 bridgehead atoms. The molecule has 1 atom stereocenters. The lowest BCUT2D eigenvalue weighted by Gasteiger charge is -2.27. The van der Waals surface area contributed by atoms with Crippen LogP contribution in [0.25, 0.3) is 0 Å². The van der Waals surface area contributed by atoms with Gasteiger partial charge in [-0.2, -0.15) is 0 Å². The maximum Gasteiger partial charge on any atom is 0.177 e. The number of halogens is 1. The molecular formula is C11H9FN4O2. The SMILES string of the molecule is ONC(=N[C@H]1Cc2ccc(F)cc21)c1cnon1. The van der Waals surface area contributed by atoms with E-state index in [2.05, 4.69) is 19.9 Å². The minimum Gasteiger partial charge on any atom is -0.290 e. The van der Waals surface area contributed by atoms with Crippen molar-refractivity contribution in [2.45, 2.75) is 12.5 Å². The minimum absolute atomic E-state index is 0.149. The molecule has 7 heteroatoms. The zero-order valence-electron chi connectivity index (χ0n) is 9.17. The molecule has 18 heavy (non-hydrogen) atoms. The van der Waals surface area contributed by atoms with Gasteiger partial charge < -0.3 is 0 Å². The molecule has 0 spiro atoms. The van der Waals surface area contributed by atoms with E-state index >= 15 is 0 Å². The quantitative estimate of drug-likeness (QED) is 0.474. The Balaban J connectivity index is 1.90. The van der Waals surface area contributed by atoms with Gasteiger partial charge in [0.25, 0.3) is 0 Å². The van der Waals surface area contributed by atoms with Crippen molar-refractivity contribution >= 4 is 5.84 Å². The summed E-state index contributed by atoms with van der Waals surface area (Å²) in [6, 6.07) is 4.41. The predicted molar refractivity (Wildman–Crippen MR) is 58.6 cm³/mol. The van der Waals surface area contributed by atoms with E-state index in [0.29, 0.717) is 12.1 Å². The number of hydroxylamine groups is 1. The molecule has 0 aliphatic heterocycles. The summed E-state index contributed by atoms with van der Waals surface area (Å²) in [6.07, 6.45) is 2.03. The zero-order chi connectivity index (χ0) is 12.5. The van der Waals surface area contributed by atoms with E-state index < -0.39 is 0 Å². The number of rotatable bonds is 2. The number of aromatic nitrogens is 2. The number of nitrogens with one attached hydrogen (secondary N) is 1. The monoisotopic (exact) mass is 248 g/mol. The number of hydrogen-bond acceptors (Lipinski definition) is 5. The number of nitrogens with zero attached hydrogens (tertiary/aromatic N) is 3. The van der Waals surface area contributed by atoms with Gasteiger partial charge in [-0.25, -0.2) is 9.02 Å². The van der Waals surface area contributed by atoms with Crippen LogP contribution in [-0.2, 0) is 6.42 Å². The molecule has 0 saturated heterocycles. The molecular weight excluding hydrogens is 239 g/mol. The van der Waals surface area contributed by atoms with Gasteiger partial charge >= 0.3 is 0 Å². The molecule has 1 aromatic heterocycles. The third-order valence-electron chi connectivity index (χ3n) is 2.87. The lowest BCUT2D eigenvalue weighted by Crippen LogP contribution is -2.25. The Hall–Kier alpha value is -2.28. The predicted octanol–water partition coefficient (Wildman–Crippen LogP) is 1.23. The Morgan fingerprint density at radius 2 is 2.44 bits per heavy atom. The van der Waals surface area contributed by atoms with Crippen molar-refractivity contribution in [2.24, 2.45) is 4.99 Å². The number of benzene rings is 1. The summed E-state index contributed by atoms with van der Waals surface area (Å²) in [7, 11) is 0. The van der Waals surface area contributed by atoms with Gasteiger partial charge in [0.05, 0.1) is 6.04 Å². The topological polar surface area (TPSA) is 83.5 Å². The smallest absolute Gasteiger partial charge is 0.177 e. The second-order valence-corrected chi connectivity index (χ2v) is 3.95. The van der Waals surface area contributed by atoms with Crippen LogP contribution in [0, 0.1) is 5.82 Å². The van der Waals surface area contributed by atoms with Crippen molar-refractivity contribution in [1.29, 1.82) is 0 Å². The Morgan fingerprint density at radius 1 is 1.56 bits per heavy atom. The number of hydrogen-bond donors (Lipinski definition) is 2. The minimum atomic E-state index is -0.296. The van der Waals surface area contributed by atoms with Gasteiger partial charge in [0.15, 0.2) is 11.5 Å². The molecule has 0 saturated carbocycles. The molecule has 0 unspecified atom stereocenters. The van der Waals surface area contributed by atoms with Crippen LogP contribution in [0.3, 0.4) is 0 Å². The Kier molecular flexibility index (Phi) is 2.52. The van der Waals surface area contributed by atoms with E-state index in [-0.39, 0.29) is 17.7 Å². The molecule has 1 aromatic carbocycles. The largest absolute Gasteiger partial charge is 0.290 e. The second kappa shape index (κ2) is 4.19. The van der Waals surface area contributed by atoms with Crippen LogP contribution in [0.4, 0.5) is 4.39 Å². The molecule has 1 heterocycles. The summed E-state index contributed by atoms with van der Waals surface area (Å²) in [4.78, 5) is 4.25. The van der Waals surface area contributed by atoms with E-state index in [1.54, 1.807) is 6.07 Å². The van der Waals surface area contributed by atoms with Crippen LogP contribution < -0.4 is 5.48 Å². The standard InChI is InChI=1S/C11H9FN4O2/c12-7-2-1-6-3-9(8(6)4-7)14-11(15-17)10-5-13-18-16-10/h1-2,4-5,9,17H,3H2,(H,14,15)/t9-/m0/s1. The number of aliphatic imine (C=N–C) groups is 1. The van der Waals surface area contributed by atoms with Gasteiger partial charge in [-0.05, 0) is 34.8 Å². The normalized spacial score (nSPS) is 18.1. The Bertz CT molecular complexity index is 597. The van der Waals surface area contributed by atoms with Crippen molar-refractivity contribution in [1.82, 2.24) is 15.8 Å². The highest BCUT2D eigenvalue weighted by molar-refractivity contribution is 5.96. The van der Waals surface area contributed by atoms with Crippen molar-refractivity contribution in [2.75, 3.05) is 0 Å². The van der Waals surface area contributed by atoms with Crippen LogP contribution in [0.5, 0.6) is 0 Å². The van der Waals surface area contributed by atoms with E-state index in [1.807, 2.05) is 5.48 Å². The average molecular weight is 248 g/mol. The van der Waals surface area contributed by atoms with E-state index in [9.17, 15) is 4.39 Å². The summed E-state index contributed by atoms with van der Waals surface area (Å²) in [6.45, 7) is 0. The Morgan fingerprint density at radius 3 is 3.17 bits per heavy atom. The van der Waals surface area contributed by atoms with Crippen LogP contribution in [0.2, 0.25) is 0 Å². The zero-order valence-corrected chi connectivity index (χ0v) is 9.17. The van der Waals surface area contributed by atoms with Gasteiger partial charge in [-0.15, -0.1) is 0 Å². The summed E-state index contributed by atoms with van der Waals surface area (Å²) in [5.41, 5.74) is 4.11. The average Bonchev–Trinajstić information content (AvgIpc) is 2.87. The van der Waals surface area contributed by atoms with Crippen LogP contribution in [0.1, 0.15) is 22.9 Å². The lowest BCUT2D eigenvalue weighted by atomic mass is 9.83. The molecule has 0 radical (unpaired) electrons.